The van der Waals surface area contributed by atoms with Gasteiger partial charge in [-0.15, -0.1) is 0 Å². The van der Waals surface area contributed by atoms with Gasteiger partial charge in [-0.25, -0.2) is 4.98 Å². The van der Waals surface area contributed by atoms with Crippen molar-refractivity contribution in [2.24, 2.45) is 0 Å². The van der Waals surface area contributed by atoms with Crippen molar-refractivity contribution in [1.82, 2.24) is 15.0 Å². The molecule has 1 aromatic carbocycles. The summed E-state index contributed by atoms with van der Waals surface area (Å²) in [6, 6.07) is 12.2. The van der Waals surface area contributed by atoms with E-state index in [2.05, 4.69) is 68.4 Å². The van der Waals surface area contributed by atoms with Crippen LogP contribution in [0.2, 0.25) is 0 Å². The summed E-state index contributed by atoms with van der Waals surface area (Å²) in [5.74, 6) is 1.33. The van der Waals surface area contributed by atoms with E-state index >= 15 is 0 Å². The van der Waals surface area contributed by atoms with Crippen LogP contribution in [0.4, 0.5) is 17.5 Å². The van der Waals surface area contributed by atoms with Crippen molar-refractivity contribution in [3.05, 3.63) is 58.8 Å². The number of benzene rings is 1. The lowest BCUT2D eigenvalue weighted by atomic mass is 10.2. The lowest BCUT2D eigenvalue weighted by Gasteiger charge is -2.14. The summed E-state index contributed by atoms with van der Waals surface area (Å²) >= 11 is 3.49. The molecule has 0 aliphatic carbocycles. The van der Waals surface area contributed by atoms with Crippen molar-refractivity contribution in [2.45, 2.75) is 26.8 Å². The van der Waals surface area contributed by atoms with E-state index in [1.807, 2.05) is 30.3 Å². The minimum Gasteiger partial charge on any atom is -0.352 e. The maximum absolute atomic E-state index is 4.61. The number of pyridine rings is 1. The highest BCUT2D eigenvalue weighted by atomic mass is 79.9. The van der Waals surface area contributed by atoms with Crippen LogP contribution in [0.5, 0.6) is 0 Å². The Morgan fingerprint density at radius 3 is 2.60 bits per heavy atom. The second-order valence-corrected chi connectivity index (χ2v) is 7.00. The van der Waals surface area contributed by atoms with Gasteiger partial charge in [0.1, 0.15) is 5.82 Å². The number of hydrogen-bond acceptors (Lipinski definition) is 5. The van der Waals surface area contributed by atoms with E-state index in [1.165, 1.54) is 0 Å². The van der Waals surface area contributed by atoms with Crippen LogP contribution >= 0.6 is 15.9 Å². The molecule has 0 fully saturated rings. The Morgan fingerprint density at radius 1 is 1.08 bits per heavy atom. The van der Waals surface area contributed by atoms with E-state index in [1.54, 1.807) is 12.4 Å². The minimum atomic E-state index is 0.242. The van der Waals surface area contributed by atoms with Gasteiger partial charge in [-0.3, -0.25) is 4.98 Å². The first-order valence-corrected chi connectivity index (χ1v) is 8.90. The van der Waals surface area contributed by atoms with E-state index in [0.29, 0.717) is 5.95 Å². The zero-order valence-corrected chi connectivity index (χ0v) is 16.0. The number of rotatable bonds is 5. The smallest absolute Gasteiger partial charge is 0.225 e. The topological polar surface area (TPSA) is 62.7 Å². The fraction of sp³-hybridized carbons (Fsp3) is 0.211. The van der Waals surface area contributed by atoms with Gasteiger partial charge in [-0.05, 0) is 56.7 Å². The molecule has 2 aromatic heterocycles. The zero-order chi connectivity index (χ0) is 17.8. The van der Waals surface area contributed by atoms with Gasteiger partial charge in [-0.2, -0.15) is 4.98 Å². The van der Waals surface area contributed by atoms with Crippen molar-refractivity contribution in [3.63, 3.8) is 0 Å². The van der Waals surface area contributed by atoms with E-state index in [0.717, 1.165) is 32.8 Å². The summed E-state index contributed by atoms with van der Waals surface area (Å²) in [5, 5.41) is 6.67. The molecule has 3 rings (SSSR count). The second-order valence-electron chi connectivity index (χ2n) is 6.09. The summed E-state index contributed by atoms with van der Waals surface area (Å²) in [5.41, 5.74) is 3.92. The molecular weight excluding hydrogens is 378 g/mol. The summed E-state index contributed by atoms with van der Waals surface area (Å²) in [6.45, 7) is 6.18. The molecule has 128 valence electrons. The van der Waals surface area contributed by atoms with Crippen LogP contribution in [0, 0.1) is 6.92 Å². The molecule has 6 heteroatoms. The number of nitrogens with zero attached hydrogens (tertiary/aromatic N) is 3. The van der Waals surface area contributed by atoms with Gasteiger partial charge in [0.2, 0.25) is 5.95 Å². The summed E-state index contributed by atoms with van der Waals surface area (Å²) in [4.78, 5) is 13.4. The molecule has 0 aliphatic rings. The molecule has 0 atom stereocenters. The highest BCUT2D eigenvalue weighted by Crippen LogP contribution is 2.26. The number of nitrogens with one attached hydrogen (secondary N) is 2. The van der Waals surface area contributed by atoms with E-state index in [9.17, 15) is 0 Å². The van der Waals surface area contributed by atoms with Gasteiger partial charge in [0.15, 0.2) is 0 Å². The fourth-order valence-electron chi connectivity index (χ4n) is 2.40. The molecule has 0 unspecified atom stereocenters. The van der Waals surface area contributed by atoms with Gasteiger partial charge in [0.05, 0.1) is 5.69 Å². The van der Waals surface area contributed by atoms with E-state index in [-0.39, 0.29) is 6.04 Å². The molecular formula is C19H20BrN5. The number of hydrogen-bond donors (Lipinski definition) is 2. The highest BCUT2D eigenvalue weighted by molar-refractivity contribution is 9.10. The van der Waals surface area contributed by atoms with Gasteiger partial charge in [-0.1, -0.05) is 15.9 Å². The van der Waals surface area contributed by atoms with Gasteiger partial charge in [0.25, 0.3) is 0 Å². The molecule has 0 radical (unpaired) electrons. The van der Waals surface area contributed by atoms with Crippen LogP contribution in [0.3, 0.4) is 0 Å². The lowest BCUT2D eigenvalue weighted by molar-refractivity contribution is 0.876. The molecule has 0 saturated heterocycles. The van der Waals surface area contributed by atoms with Crippen LogP contribution < -0.4 is 10.6 Å². The average molecular weight is 398 g/mol. The predicted octanol–water partition coefficient (Wildman–Crippen LogP) is 5.17. The molecule has 2 heterocycles. The zero-order valence-electron chi connectivity index (χ0n) is 14.4. The third-order valence-electron chi connectivity index (χ3n) is 3.55. The normalized spacial score (nSPS) is 10.8. The highest BCUT2D eigenvalue weighted by Gasteiger charge is 2.09. The molecule has 0 spiro atoms. The molecule has 0 saturated carbocycles. The van der Waals surface area contributed by atoms with Crippen molar-refractivity contribution < 1.29 is 0 Å². The molecule has 0 amide bonds. The monoisotopic (exact) mass is 397 g/mol. The molecule has 0 bridgehead atoms. The van der Waals surface area contributed by atoms with Gasteiger partial charge in [0, 0.05) is 40.2 Å². The van der Waals surface area contributed by atoms with Crippen molar-refractivity contribution in [1.29, 1.82) is 0 Å². The van der Waals surface area contributed by atoms with Gasteiger partial charge >= 0.3 is 0 Å². The third-order valence-corrected chi connectivity index (χ3v) is 4.05. The number of anilines is 3. The lowest BCUT2D eigenvalue weighted by Crippen LogP contribution is -2.13. The molecule has 25 heavy (non-hydrogen) atoms. The Balaban J connectivity index is 2.00. The SMILES string of the molecule is Cc1cc(Br)ccc1Nc1cc(-c2cccnc2)nc(NC(C)C)n1. The molecule has 5 nitrogen and oxygen atoms in total. The van der Waals surface area contributed by atoms with Crippen molar-refractivity contribution in [3.8, 4) is 11.3 Å². The van der Waals surface area contributed by atoms with Crippen molar-refractivity contribution >= 4 is 33.4 Å². The van der Waals surface area contributed by atoms with Crippen LogP contribution in [0.1, 0.15) is 19.4 Å². The number of halogens is 1. The standard InChI is InChI=1S/C19H20BrN5/c1-12(2)22-19-24-17(14-5-4-8-21-11-14)10-18(25-19)23-16-7-6-15(20)9-13(16)3/h4-12H,1-3H3,(H2,22,23,24,25). The third kappa shape index (κ3) is 4.54. The first-order chi connectivity index (χ1) is 12.0. The van der Waals surface area contributed by atoms with Gasteiger partial charge < -0.3 is 10.6 Å². The Labute approximate surface area is 156 Å². The predicted molar refractivity (Wildman–Crippen MR) is 106 cm³/mol. The van der Waals surface area contributed by atoms with E-state index in [4.69, 9.17) is 0 Å². The van der Waals surface area contributed by atoms with E-state index < -0.39 is 0 Å². The first-order valence-electron chi connectivity index (χ1n) is 8.10. The largest absolute Gasteiger partial charge is 0.352 e. The van der Waals surface area contributed by atoms with Crippen LogP contribution in [0.25, 0.3) is 11.3 Å². The summed E-state index contributed by atoms with van der Waals surface area (Å²) < 4.78 is 1.05. The Hall–Kier alpha value is -2.47. The second kappa shape index (κ2) is 7.61. The maximum atomic E-state index is 4.61. The number of aromatic nitrogens is 3. The minimum absolute atomic E-state index is 0.242. The first kappa shape index (κ1) is 17.4. The van der Waals surface area contributed by atoms with Crippen molar-refractivity contribution in [2.75, 3.05) is 10.6 Å². The molecule has 3 aromatic rings. The Kier molecular flexibility index (Phi) is 5.28. The summed E-state index contributed by atoms with van der Waals surface area (Å²) in [7, 11) is 0. The quantitative estimate of drug-likeness (QED) is 0.621. The Morgan fingerprint density at radius 2 is 1.92 bits per heavy atom. The van der Waals surface area contributed by atoms with Crippen LogP contribution in [-0.4, -0.2) is 21.0 Å². The molecule has 2 N–H and O–H groups in total. The Bertz CT molecular complexity index is 865. The molecule has 0 aliphatic heterocycles. The van der Waals surface area contributed by atoms with Crippen LogP contribution in [-0.2, 0) is 0 Å². The number of aryl methyl sites for hydroxylation is 1. The average Bonchev–Trinajstić information content (AvgIpc) is 2.57. The van der Waals surface area contributed by atoms with Crippen LogP contribution in [0.15, 0.2) is 53.3 Å². The summed E-state index contributed by atoms with van der Waals surface area (Å²) in [6.07, 6.45) is 3.55. The maximum Gasteiger partial charge on any atom is 0.225 e. The fourth-order valence-corrected chi connectivity index (χ4v) is 2.88.